The molecule has 1 aromatic heterocycles. The van der Waals surface area contributed by atoms with Crippen LogP contribution in [0, 0.1) is 5.92 Å². The van der Waals surface area contributed by atoms with Gasteiger partial charge in [-0.05, 0) is 61.9 Å². The zero-order valence-electron chi connectivity index (χ0n) is 15.2. The van der Waals surface area contributed by atoms with E-state index in [9.17, 15) is 5.11 Å². The first-order chi connectivity index (χ1) is 13.1. The second-order valence-corrected chi connectivity index (χ2v) is 7.71. The fraction of sp³-hybridized carbons (Fsp3) is 0.261. The van der Waals surface area contributed by atoms with E-state index in [1.165, 1.54) is 0 Å². The van der Waals surface area contributed by atoms with E-state index in [-0.39, 0.29) is 0 Å². The van der Waals surface area contributed by atoms with Gasteiger partial charge in [-0.1, -0.05) is 48.0 Å². The van der Waals surface area contributed by atoms with Gasteiger partial charge in [0.15, 0.2) is 0 Å². The Bertz CT molecular complexity index is 923. The van der Waals surface area contributed by atoms with Crippen molar-refractivity contribution in [1.82, 2.24) is 9.78 Å². The van der Waals surface area contributed by atoms with Crippen molar-refractivity contribution in [3.8, 4) is 16.9 Å². The maximum Gasteiger partial charge on any atom is 0.108 e. The molecule has 0 unspecified atom stereocenters. The van der Waals surface area contributed by atoms with E-state index in [4.69, 9.17) is 16.7 Å². The summed E-state index contributed by atoms with van der Waals surface area (Å²) in [4.78, 5) is 0. The van der Waals surface area contributed by atoms with Crippen LogP contribution in [0.3, 0.4) is 0 Å². The molecule has 4 rings (SSSR count). The van der Waals surface area contributed by atoms with Crippen LogP contribution in [0.4, 0.5) is 0 Å². The predicted octanol–water partition coefficient (Wildman–Crippen LogP) is 5.76. The topological polar surface area (TPSA) is 38.0 Å². The van der Waals surface area contributed by atoms with E-state index in [2.05, 4.69) is 6.58 Å². The molecule has 0 radical (unpaired) electrons. The molecule has 0 amide bonds. The third-order valence-corrected chi connectivity index (χ3v) is 5.77. The van der Waals surface area contributed by atoms with Crippen LogP contribution in [0.15, 0.2) is 73.3 Å². The first-order valence-corrected chi connectivity index (χ1v) is 9.74. The van der Waals surface area contributed by atoms with Crippen LogP contribution in [0.2, 0.25) is 5.02 Å². The molecule has 3 aromatic rings. The van der Waals surface area contributed by atoms with E-state index in [0.29, 0.717) is 23.8 Å². The van der Waals surface area contributed by atoms with Crippen molar-refractivity contribution in [2.45, 2.75) is 31.3 Å². The summed E-state index contributed by atoms with van der Waals surface area (Å²) in [6.45, 7) is 3.90. The van der Waals surface area contributed by atoms with Gasteiger partial charge in [0.2, 0.25) is 0 Å². The standard InChI is InChI=1S/C23H23ClN2O/c1-2-17-12-14-23(27,15-13-17)22-16-21(18-8-10-19(24)11-9-18)26(25-22)20-6-4-3-5-7-20/h2-11,16-17,27H,1,12-15H2. The lowest BCUT2D eigenvalue weighted by atomic mass is 9.77. The van der Waals surface area contributed by atoms with Gasteiger partial charge in [0.25, 0.3) is 0 Å². The third-order valence-electron chi connectivity index (χ3n) is 5.52. The number of benzene rings is 2. The number of para-hydroxylation sites is 1. The first kappa shape index (κ1) is 18.0. The Balaban J connectivity index is 1.78. The molecule has 1 aliphatic carbocycles. The number of allylic oxidation sites excluding steroid dienone is 1. The molecule has 138 valence electrons. The van der Waals surface area contributed by atoms with Crippen LogP contribution in [0.25, 0.3) is 16.9 Å². The van der Waals surface area contributed by atoms with Crippen LogP contribution in [-0.2, 0) is 5.60 Å². The number of aromatic nitrogens is 2. The number of nitrogens with zero attached hydrogens (tertiary/aromatic N) is 2. The number of hydrogen-bond acceptors (Lipinski definition) is 2. The average molecular weight is 379 g/mol. The van der Waals surface area contributed by atoms with Crippen molar-refractivity contribution in [3.05, 3.63) is 84.0 Å². The van der Waals surface area contributed by atoms with Crippen LogP contribution in [0.5, 0.6) is 0 Å². The van der Waals surface area contributed by atoms with Gasteiger partial charge in [0.1, 0.15) is 5.60 Å². The second kappa shape index (κ2) is 7.34. The lowest BCUT2D eigenvalue weighted by Gasteiger charge is -2.33. The minimum absolute atomic E-state index is 0.484. The van der Waals surface area contributed by atoms with Gasteiger partial charge in [-0.25, -0.2) is 4.68 Å². The highest BCUT2D eigenvalue weighted by atomic mass is 35.5. The third kappa shape index (κ3) is 3.58. The molecule has 3 nitrogen and oxygen atoms in total. The molecule has 0 bridgehead atoms. The van der Waals surface area contributed by atoms with Crippen LogP contribution in [-0.4, -0.2) is 14.9 Å². The van der Waals surface area contributed by atoms with Crippen LogP contribution in [0.1, 0.15) is 31.4 Å². The fourth-order valence-electron chi connectivity index (χ4n) is 3.81. The van der Waals surface area contributed by atoms with E-state index in [1.807, 2.05) is 71.4 Å². The Labute approximate surface area is 164 Å². The number of halogens is 1. The maximum atomic E-state index is 11.3. The molecule has 1 N–H and O–H groups in total. The second-order valence-electron chi connectivity index (χ2n) is 7.27. The largest absolute Gasteiger partial charge is 0.383 e. The molecule has 0 saturated heterocycles. The van der Waals surface area contributed by atoms with Crippen LogP contribution < -0.4 is 0 Å². The highest BCUT2D eigenvalue weighted by Gasteiger charge is 2.37. The van der Waals surface area contributed by atoms with Gasteiger partial charge < -0.3 is 5.11 Å². The Kier molecular flexibility index (Phi) is 4.90. The SMILES string of the molecule is C=CC1CCC(O)(c2cc(-c3ccc(Cl)cc3)n(-c3ccccc3)n2)CC1. The van der Waals surface area contributed by atoms with Crippen molar-refractivity contribution >= 4 is 11.6 Å². The Morgan fingerprint density at radius 1 is 1.07 bits per heavy atom. The highest BCUT2D eigenvalue weighted by Crippen LogP contribution is 2.40. The van der Waals surface area contributed by atoms with Crippen molar-refractivity contribution in [1.29, 1.82) is 0 Å². The quantitative estimate of drug-likeness (QED) is 0.586. The Hall–Kier alpha value is -2.36. The maximum absolute atomic E-state index is 11.3. The molecule has 0 aliphatic heterocycles. The number of hydrogen-bond donors (Lipinski definition) is 1. The van der Waals surface area contributed by atoms with Gasteiger partial charge in [0.05, 0.1) is 17.1 Å². The van der Waals surface area contributed by atoms with Crippen molar-refractivity contribution < 1.29 is 5.11 Å². The minimum Gasteiger partial charge on any atom is -0.383 e. The molecule has 1 fully saturated rings. The van der Waals surface area contributed by atoms with Gasteiger partial charge in [-0.3, -0.25) is 0 Å². The molecular weight excluding hydrogens is 356 g/mol. The summed E-state index contributed by atoms with van der Waals surface area (Å²) >= 11 is 6.06. The molecule has 1 heterocycles. The molecule has 1 aliphatic rings. The number of aliphatic hydroxyl groups is 1. The van der Waals surface area contributed by atoms with E-state index in [0.717, 1.165) is 35.5 Å². The van der Waals surface area contributed by atoms with E-state index >= 15 is 0 Å². The van der Waals surface area contributed by atoms with Gasteiger partial charge in [0, 0.05) is 10.6 Å². The summed E-state index contributed by atoms with van der Waals surface area (Å²) in [7, 11) is 0. The average Bonchev–Trinajstić information content (AvgIpc) is 3.16. The zero-order chi connectivity index (χ0) is 18.9. The monoisotopic (exact) mass is 378 g/mol. The summed E-state index contributed by atoms with van der Waals surface area (Å²) in [6, 6.07) is 19.8. The molecule has 27 heavy (non-hydrogen) atoms. The molecule has 1 saturated carbocycles. The lowest BCUT2D eigenvalue weighted by Crippen LogP contribution is -2.31. The Morgan fingerprint density at radius 3 is 2.37 bits per heavy atom. The van der Waals surface area contributed by atoms with Crippen LogP contribution >= 0.6 is 11.6 Å². The van der Waals surface area contributed by atoms with Gasteiger partial charge in [-0.2, -0.15) is 5.10 Å². The summed E-state index contributed by atoms with van der Waals surface area (Å²) in [6.07, 6.45) is 5.29. The van der Waals surface area contributed by atoms with Crippen molar-refractivity contribution in [3.63, 3.8) is 0 Å². The normalized spacial score (nSPS) is 22.5. The van der Waals surface area contributed by atoms with Gasteiger partial charge in [-0.15, -0.1) is 6.58 Å². The smallest absolute Gasteiger partial charge is 0.108 e. The minimum atomic E-state index is -0.888. The van der Waals surface area contributed by atoms with Crippen molar-refractivity contribution in [2.24, 2.45) is 5.92 Å². The fourth-order valence-corrected chi connectivity index (χ4v) is 3.94. The summed E-state index contributed by atoms with van der Waals surface area (Å²) in [5.74, 6) is 0.484. The highest BCUT2D eigenvalue weighted by molar-refractivity contribution is 6.30. The molecule has 4 heteroatoms. The molecule has 0 atom stereocenters. The predicted molar refractivity (Wildman–Crippen MR) is 110 cm³/mol. The number of rotatable bonds is 4. The summed E-state index contributed by atoms with van der Waals surface area (Å²) < 4.78 is 1.91. The molecule has 0 spiro atoms. The van der Waals surface area contributed by atoms with E-state index in [1.54, 1.807) is 0 Å². The van der Waals surface area contributed by atoms with E-state index < -0.39 is 5.60 Å². The summed E-state index contributed by atoms with van der Waals surface area (Å²) in [5.41, 5.74) is 2.79. The first-order valence-electron chi connectivity index (χ1n) is 9.36. The molecule has 2 aromatic carbocycles. The van der Waals surface area contributed by atoms with Crippen molar-refractivity contribution in [2.75, 3.05) is 0 Å². The Morgan fingerprint density at radius 2 is 1.74 bits per heavy atom. The summed E-state index contributed by atoms with van der Waals surface area (Å²) in [5, 5.41) is 16.8. The zero-order valence-corrected chi connectivity index (χ0v) is 15.9. The molecular formula is C23H23ClN2O. The lowest BCUT2D eigenvalue weighted by molar-refractivity contribution is -0.0130. The van der Waals surface area contributed by atoms with Gasteiger partial charge >= 0.3 is 0 Å².